The van der Waals surface area contributed by atoms with E-state index in [2.05, 4.69) is 15.8 Å². The summed E-state index contributed by atoms with van der Waals surface area (Å²) in [5.41, 5.74) is 6.72. The van der Waals surface area contributed by atoms with Crippen LogP contribution in [0.25, 0.3) is 10.9 Å². The summed E-state index contributed by atoms with van der Waals surface area (Å²) in [5.74, 6) is -1.39. The molecule has 2 atom stereocenters. The molecule has 4 amide bonds. The quantitative estimate of drug-likeness (QED) is 0.294. The normalized spacial score (nSPS) is 18.5. The number of rotatable bonds is 7. The largest absolute Gasteiger partial charge is 0.487 e. The Labute approximate surface area is 213 Å². The first kappa shape index (κ1) is 24.2. The lowest BCUT2D eigenvalue weighted by molar-refractivity contribution is -0.140. The molecular weight excluding hydrogens is 472 g/mol. The van der Waals surface area contributed by atoms with Crippen LogP contribution in [-0.4, -0.2) is 40.1 Å². The molecule has 0 unspecified atom stereocenters. The van der Waals surface area contributed by atoms with Crippen LogP contribution in [-0.2, 0) is 21.0 Å². The molecule has 9 nitrogen and oxygen atoms in total. The fourth-order valence-corrected chi connectivity index (χ4v) is 4.67. The number of aromatic nitrogens is 1. The summed E-state index contributed by atoms with van der Waals surface area (Å²) in [6.07, 6.45) is 6.57. The van der Waals surface area contributed by atoms with Gasteiger partial charge in [-0.3, -0.25) is 39.9 Å². The summed E-state index contributed by atoms with van der Waals surface area (Å²) in [6.45, 7) is 0.299. The standard InChI is InChI=1S/C28H26N4O5/c33-24(14-16-32-27(35)21-7-1-2-8-22(21)28(32)36)30-31-26(34)20-12-10-18(11-13-20)17-37-23-9-3-5-19-6-4-15-29-25(19)23/h1-6,9-13,15,21-22H,7-8,14,16-17H2,(H,30,33)(H,31,34)/t21-,22+. The summed E-state index contributed by atoms with van der Waals surface area (Å²) in [7, 11) is 0. The summed E-state index contributed by atoms with van der Waals surface area (Å²) in [5, 5.41) is 0.989. The first-order chi connectivity index (χ1) is 18.0. The maximum atomic E-state index is 12.5. The van der Waals surface area contributed by atoms with E-state index >= 15 is 0 Å². The summed E-state index contributed by atoms with van der Waals surface area (Å²) >= 11 is 0. The van der Waals surface area contributed by atoms with Gasteiger partial charge in [0.15, 0.2) is 0 Å². The number of amides is 4. The SMILES string of the molecule is O=C(CCN1C(=O)[C@H]2CC=CC[C@H]2C1=O)NNC(=O)c1ccc(COc2cccc3cccnc23)cc1. The average molecular weight is 499 g/mol. The number of fused-ring (bicyclic) bond motifs is 2. The van der Waals surface area contributed by atoms with Crippen molar-refractivity contribution in [3.05, 3.63) is 84.1 Å². The average Bonchev–Trinajstić information content (AvgIpc) is 3.18. The van der Waals surface area contributed by atoms with Crippen molar-refractivity contribution in [1.29, 1.82) is 0 Å². The second-order valence-electron chi connectivity index (χ2n) is 9.05. The van der Waals surface area contributed by atoms with Gasteiger partial charge in [0.2, 0.25) is 17.7 Å². The fraction of sp³-hybridized carbons (Fsp3) is 0.250. The van der Waals surface area contributed by atoms with E-state index in [9.17, 15) is 19.2 Å². The number of ether oxygens (including phenoxy) is 1. The molecule has 0 saturated carbocycles. The third-order valence-electron chi connectivity index (χ3n) is 6.68. The Kier molecular flexibility index (Phi) is 6.93. The number of benzene rings is 2. The molecule has 5 rings (SSSR count). The van der Waals surface area contributed by atoms with Crippen LogP contribution < -0.4 is 15.6 Å². The minimum absolute atomic E-state index is 0.00666. The van der Waals surface area contributed by atoms with Gasteiger partial charge in [-0.1, -0.05) is 42.5 Å². The van der Waals surface area contributed by atoms with Gasteiger partial charge in [0.05, 0.1) is 11.8 Å². The van der Waals surface area contributed by atoms with Crippen molar-refractivity contribution in [1.82, 2.24) is 20.7 Å². The zero-order chi connectivity index (χ0) is 25.8. The highest BCUT2D eigenvalue weighted by Gasteiger charge is 2.46. The second kappa shape index (κ2) is 10.6. The zero-order valence-corrected chi connectivity index (χ0v) is 20.1. The van der Waals surface area contributed by atoms with Crippen LogP contribution in [0.4, 0.5) is 0 Å². The third-order valence-corrected chi connectivity index (χ3v) is 6.68. The van der Waals surface area contributed by atoms with Crippen molar-refractivity contribution < 1.29 is 23.9 Å². The lowest BCUT2D eigenvalue weighted by Crippen LogP contribution is -2.43. The van der Waals surface area contributed by atoms with Crippen LogP contribution in [0, 0.1) is 11.8 Å². The van der Waals surface area contributed by atoms with Crippen molar-refractivity contribution in [2.45, 2.75) is 25.9 Å². The monoisotopic (exact) mass is 498 g/mol. The number of para-hydroxylation sites is 1. The summed E-state index contributed by atoms with van der Waals surface area (Å²) < 4.78 is 5.92. The Morgan fingerprint density at radius 3 is 2.35 bits per heavy atom. The molecule has 2 heterocycles. The van der Waals surface area contributed by atoms with E-state index in [1.807, 2.05) is 42.5 Å². The molecule has 2 aromatic carbocycles. The Bertz CT molecular complexity index is 1350. The number of carbonyl (C=O) groups excluding carboxylic acids is 4. The van der Waals surface area contributed by atoms with E-state index in [1.54, 1.807) is 30.5 Å². The molecule has 9 heteroatoms. The van der Waals surface area contributed by atoms with Crippen LogP contribution in [0.15, 0.2) is 72.9 Å². The molecule has 1 aliphatic carbocycles. The van der Waals surface area contributed by atoms with Gasteiger partial charge in [0.1, 0.15) is 17.9 Å². The number of hydrogen-bond acceptors (Lipinski definition) is 6. The molecule has 0 radical (unpaired) electrons. The highest BCUT2D eigenvalue weighted by molar-refractivity contribution is 6.05. The van der Waals surface area contributed by atoms with Crippen molar-refractivity contribution in [2.24, 2.45) is 11.8 Å². The Balaban J connectivity index is 1.08. The topological polar surface area (TPSA) is 118 Å². The fourth-order valence-electron chi connectivity index (χ4n) is 4.67. The number of imide groups is 1. The van der Waals surface area contributed by atoms with Crippen LogP contribution in [0.5, 0.6) is 5.75 Å². The number of nitrogens with zero attached hydrogens (tertiary/aromatic N) is 2. The second-order valence-corrected chi connectivity index (χ2v) is 9.05. The summed E-state index contributed by atoms with van der Waals surface area (Å²) in [4.78, 5) is 55.2. The molecule has 188 valence electrons. The number of hydrogen-bond donors (Lipinski definition) is 2. The third kappa shape index (κ3) is 5.20. The van der Waals surface area contributed by atoms with Crippen molar-refractivity contribution >= 4 is 34.5 Å². The number of hydrazine groups is 1. The van der Waals surface area contributed by atoms with Gasteiger partial charge in [-0.15, -0.1) is 0 Å². The van der Waals surface area contributed by atoms with E-state index in [1.165, 1.54) is 4.90 Å². The van der Waals surface area contributed by atoms with Gasteiger partial charge in [0, 0.05) is 30.1 Å². The molecule has 37 heavy (non-hydrogen) atoms. The van der Waals surface area contributed by atoms with Gasteiger partial charge in [-0.25, -0.2) is 0 Å². The maximum Gasteiger partial charge on any atom is 0.269 e. The van der Waals surface area contributed by atoms with E-state index in [0.29, 0.717) is 30.8 Å². The van der Waals surface area contributed by atoms with Crippen molar-refractivity contribution in [3.63, 3.8) is 0 Å². The number of pyridine rings is 1. The molecule has 0 bridgehead atoms. The van der Waals surface area contributed by atoms with Crippen LogP contribution in [0.2, 0.25) is 0 Å². The zero-order valence-electron chi connectivity index (χ0n) is 20.1. The van der Waals surface area contributed by atoms with Crippen molar-refractivity contribution in [2.75, 3.05) is 6.54 Å². The van der Waals surface area contributed by atoms with E-state index in [0.717, 1.165) is 16.5 Å². The summed E-state index contributed by atoms with van der Waals surface area (Å²) in [6, 6.07) is 16.4. The van der Waals surface area contributed by atoms with Gasteiger partial charge in [0.25, 0.3) is 5.91 Å². The van der Waals surface area contributed by atoms with E-state index in [4.69, 9.17) is 4.74 Å². The molecule has 1 saturated heterocycles. The minimum atomic E-state index is -0.490. The predicted molar refractivity (Wildman–Crippen MR) is 135 cm³/mol. The Morgan fingerprint density at radius 1 is 0.919 bits per heavy atom. The minimum Gasteiger partial charge on any atom is -0.487 e. The Morgan fingerprint density at radius 2 is 1.62 bits per heavy atom. The highest BCUT2D eigenvalue weighted by Crippen LogP contribution is 2.35. The smallest absolute Gasteiger partial charge is 0.269 e. The van der Waals surface area contributed by atoms with Crippen molar-refractivity contribution in [3.8, 4) is 5.75 Å². The highest BCUT2D eigenvalue weighted by atomic mass is 16.5. The number of nitrogens with one attached hydrogen (secondary N) is 2. The van der Waals surface area contributed by atoms with Crippen LogP contribution in [0.1, 0.15) is 35.2 Å². The van der Waals surface area contributed by atoms with Crippen LogP contribution >= 0.6 is 0 Å². The van der Waals surface area contributed by atoms with Gasteiger partial charge in [-0.05, 0) is 42.7 Å². The lowest BCUT2D eigenvalue weighted by atomic mass is 9.85. The molecule has 1 aromatic heterocycles. The maximum absolute atomic E-state index is 12.5. The lowest BCUT2D eigenvalue weighted by Gasteiger charge is -2.14. The molecule has 0 spiro atoms. The van der Waals surface area contributed by atoms with Gasteiger partial charge >= 0.3 is 0 Å². The molecule has 3 aromatic rings. The number of likely N-dealkylation sites (tertiary alicyclic amines) is 1. The van der Waals surface area contributed by atoms with E-state index in [-0.39, 0.29) is 36.6 Å². The number of allylic oxidation sites excluding steroid dienone is 2. The van der Waals surface area contributed by atoms with Gasteiger partial charge in [-0.2, -0.15) is 0 Å². The molecular formula is C28H26N4O5. The van der Waals surface area contributed by atoms with E-state index < -0.39 is 11.8 Å². The van der Waals surface area contributed by atoms with Crippen LogP contribution in [0.3, 0.4) is 0 Å². The first-order valence-electron chi connectivity index (χ1n) is 12.2. The van der Waals surface area contributed by atoms with Gasteiger partial charge < -0.3 is 4.74 Å². The molecule has 1 fully saturated rings. The predicted octanol–water partition coefficient (Wildman–Crippen LogP) is 2.92. The molecule has 2 aliphatic rings. The number of carbonyl (C=O) groups is 4. The first-order valence-corrected chi connectivity index (χ1v) is 12.2. The molecule has 2 N–H and O–H groups in total. The molecule has 1 aliphatic heterocycles. The Hall–Kier alpha value is -4.53.